The van der Waals surface area contributed by atoms with Crippen molar-refractivity contribution in [3.05, 3.63) is 23.3 Å². The molecule has 0 fully saturated rings. The van der Waals surface area contributed by atoms with Crippen LogP contribution in [0.15, 0.2) is 12.1 Å². The van der Waals surface area contributed by atoms with Crippen LogP contribution >= 0.6 is 0 Å². The second-order valence-electron chi connectivity index (χ2n) is 4.09. The molecular formula is C12H20N2O3. The van der Waals surface area contributed by atoms with Gasteiger partial charge in [-0.15, -0.1) is 0 Å². The first-order valence-corrected chi connectivity index (χ1v) is 5.60. The third-order valence-corrected chi connectivity index (χ3v) is 2.59. The highest BCUT2D eigenvalue weighted by Gasteiger charge is 2.11. The largest absolute Gasteiger partial charge is 0.505 e. The number of phenolic OH excluding ortho intramolecular Hbond substituents is 1. The number of nitrogen functional groups attached to an aromatic ring is 1. The van der Waals surface area contributed by atoms with E-state index in [2.05, 4.69) is 0 Å². The van der Waals surface area contributed by atoms with Crippen molar-refractivity contribution in [3.8, 4) is 5.75 Å². The quantitative estimate of drug-likeness (QED) is 0.417. The third kappa shape index (κ3) is 3.89. The van der Waals surface area contributed by atoms with E-state index in [0.717, 1.165) is 5.56 Å². The van der Waals surface area contributed by atoms with E-state index in [-0.39, 0.29) is 19.0 Å². The molecule has 0 saturated heterocycles. The number of hydrogen-bond donors (Lipinski definition) is 4. The zero-order chi connectivity index (χ0) is 12.8. The van der Waals surface area contributed by atoms with Crippen molar-refractivity contribution >= 4 is 5.69 Å². The molecule has 1 aromatic rings. The zero-order valence-electron chi connectivity index (χ0n) is 10.1. The van der Waals surface area contributed by atoms with E-state index in [9.17, 15) is 5.11 Å². The SMILES string of the molecule is Cc1cc(N)c(O)c(CN(CCO)CCO)c1. The molecule has 0 aliphatic rings. The van der Waals surface area contributed by atoms with Gasteiger partial charge in [0.2, 0.25) is 0 Å². The molecule has 5 heteroatoms. The number of aliphatic hydroxyl groups excluding tert-OH is 2. The summed E-state index contributed by atoms with van der Waals surface area (Å²) in [6.45, 7) is 3.30. The number of nitrogens with two attached hydrogens (primary N) is 1. The van der Waals surface area contributed by atoms with Crippen molar-refractivity contribution in [2.45, 2.75) is 13.5 Å². The van der Waals surface area contributed by atoms with Crippen LogP contribution in [0, 0.1) is 6.92 Å². The van der Waals surface area contributed by atoms with Crippen LogP contribution in [-0.4, -0.2) is 46.5 Å². The summed E-state index contributed by atoms with van der Waals surface area (Å²) in [6, 6.07) is 3.56. The number of anilines is 1. The molecule has 0 radical (unpaired) electrons. The van der Waals surface area contributed by atoms with Crippen molar-refractivity contribution in [2.24, 2.45) is 0 Å². The Kier molecular flexibility index (Phi) is 5.21. The van der Waals surface area contributed by atoms with Gasteiger partial charge in [0.15, 0.2) is 0 Å². The second-order valence-corrected chi connectivity index (χ2v) is 4.09. The Morgan fingerprint density at radius 2 is 1.76 bits per heavy atom. The summed E-state index contributed by atoms with van der Waals surface area (Å²) in [5, 5.41) is 27.6. The molecule has 0 aliphatic carbocycles. The smallest absolute Gasteiger partial charge is 0.142 e. The number of benzene rings is 1. The standard InChI is InChI=1S/C12H20N2O3/c1-9-6-10(12(17)11(13)7-9)8-14(2-4-15)3-5-16/h6-7,15-17H,2-5,8,13H2,1H3. The molecule has 0 atom stereocenters. The maximum Gasteiger partial charge on any atom is 0.142 e. The molecule has 5 N–H and O–H groups in total. The first-order chi connectivity index (χ1) is 8.08. The molecule has 0 heterocycles. The van der Waals surface area contributed by atoms with Gasteiger partial charge in [-0.2, -0.15) is 0 Å². The van der Waals surface area contributed by atoms with Gasteiger partial charge in [-0.3, -0.25) is 4.90 Å². The summed E-state index contributed by atoms with van der Waals surface area (Å²) in [7, 11) is 0. The molecule has 0 amide bonds. The normalized spacial score (nSPS) is 11.1. The predicted octanol–water partition coefficient (Wildman–Crippen LogP) is 0.0694. The lowest BCUT2D eigenvalue weighted by molar-refractivity contribution is 0.155. The first kappa shape index (κ1) is 13.8. The fraction of sp³-hybridized carbons (Fsp3) is 0.500. The van der Waals surface area contributed by atoms with E-state index in [1.165, 1.54) is 0 Å². The van der Waals surface area contributed by atoms with Crippen molar-refractivity contribution in [1.29, 1.82) is 0 Å². The molecule has 1 aromatic carbocycles. The lowest BCUT2D eigenvalue weighted by Crippen LogP contribution is -2.29. The number of aryl methyl sites for hydroxylation is 1. The monoisotopic (exact) mass is 240 g/mol. The molecule has 0 saturated carbocycles. The van der Waals surface area contributed by atoms with Gasteiger partial charge in [0, 0.05) is 25.2 Å². The second kappa shape index (κ2) is 6.44. The zero-order valence-corrected chi connectivity index (χ0v) is 10.1. The third-order valence-electron chi connectivity index (χ3n) is 2.59. The molecule has 0 bridgehead atoms. The Balaban J connectivity index is 2.84. The van der Waals surface area contributed by atoms with Crippen LogP contribution in [0.25, 0.3) is 0 Å². The molecule has 17 heavy (non-hydrogen) atoms. The molecular weight excluding hydrogens is 220 g/mol. The van der Waals surface area contributed by atoms with Crippen LogP contribution in [0.4, 0.5) is 5.69 Å². The summed E-state index contributed by atoms with van der Waals surface area (Å²) >= 11 is 0. The predicted molar refractivity (Wildman–Crippen MR) is 66.7 cm³/mol. The van der Waals surface area contributed by atoms with E-state index in [1.807, 2.05) is 17.9 Å². The van der Waals surface area contributed by atoms with Gasteiger partial charge in [-0.05, 0) is 18.6 Å². The first-order valence-electron chi connectivity index (χ1n) is 5.60. The van der Waals surface area contributed by atoms with Crippen molar-refractivity contribution in [3.63, 3.8) is 0 Å². The summed E-state index contributed by atoms with van der Waals surface area (Å²) in [5.74, 6) is 0.0801. The minimum atomic E-state index is 0.0159. The van der Waals surface area contributed by atoms with E-state index >= 15 is 0 Å². The van der Waals surface area contributed by atoms with E-state index in [1.54, 1.807) is 6.07 Å². The topological polar surface area (TPSA) is 90.0 Å². The fourth-order valence-electron chi connectivity index (χ4n) is 1.80. The highest BCUT2D eigenvalue weighted by molar-refractivity contribution is 5.57. The van der Waals surface area contributed by atoms with E-state index in [4.69, 9.17) is 15.9 Å². The number of phenols is 1. The Labute approximate surface area is 101 Å². The number of nitrogens with zero attached hydrogens (tertiary/aromatic N) is 1. The number of rotatable bonds is 6. The van der Waals surface area contributed by atoms with Crippen LogP contribution in [0.3, 0.4) is 0 Å². The lowest BCUT2D eigenvalue weighted by atomic mass is 10.1. The Morgan fingerprint density at radius 3 is 2.29 bits per heavy atom. The molecule has 96 valence electrons. The fourth-order valence-corrected chi connectivity index (χ4v) is 1.80. The van der Waals surface area contributed by atoms with Crippen LogP contribution in [0.5, 0.6) is 5.75 Å². The van der Waals surface area contributed by atoms with Gasteiger partial charge < -0.3 is 21.1 Å². The van der Waals surface area contributed by atoms with Crippen LogP contribution < -0.4 is 5.73 Å². The van der Waals surface area contributed by atoms with Crippen molar-refractivity contribution < 1.29 is 15.3 Å². The van der Waals surface area contributed by atoms with Gasteiger partial charge >= 0.3 is 0 Å². The number of aromatic hydroxyl groups is 1. The summed E-state index contributed by atoms with van der Waals surface area (Å²) < 4.78 is 0. The van der Waals surface area contributed by atoms with Crippen LogP contribution in [-0.2, 0) is 6.54 Å². The van der Waals surface area contributed by atoms with Gasteiger partial charge in [0.05, 0.1) is 18.9 Å². The van der Waals surface area contributed by atoms with Crippen molar-refractivity contribution in [1.82, 2.24) is 4.90 Å². The summed E-state index contributed by atoms with van der Waals surface area (Å²) in [6.07, 6.45) is 0. The van der Waals surface area contributed by atoms with Crippen LogP contribution in [0.1, 0.15) is 11.1 Å². The molecule has 1 rings (SSSR count). The highest BCUT2D eigenvalue weighted by atomic mass is 16.3. The van der Waals surface area contributed by atoms with E-state index in [0.29, 0.717) is 30.9 Å². The molecule has 0 unspecified atom stereocenters. The highest BCUT2D eigenvalue weighted by Crippen LogP contribution is 2.27. The Bertz CT molecular complexity index is 363. The van der Waals surface area contributed by atoms with Crippen molar-refractivity contribution in [2.75, 3.05) is 32.0 Å². The average molecular weight is 240 g/mol. The Hall–Kier alpha value is -1.30. The maximum atomic E-state index is 9.83. The number of aliphatic hydroxyl groups is 2. The minimum absolute atomic E-state index is 0.0159. The number of hydrogen-bond acceptors (Lipinski definition) is 5. The summed E-state index contributed by atoms with van der Waals surface area (Å²) in [5.41, 5.74) is 7.72. The average Bonchev–Trinajstić information content (AvgIpc) is 2.26. The van der Waals surface area contributed by atoms with Gasteiger partial charge in [-0.1, -0.05) is 6.07 Å². The van der Waals surface area contributed by atoms with E-state index < -0.39 is 0 Å². The molecule has 0 spiro atoms. The van der Waals surface area contributed by atoms with Gasteiger partial charge in [0.1, 0.15) is 5.75 Å². The molecule has 0 aliphatic heterocycles. The summed E-state index contributed by atoms with van der Waals surface area (Å²) in [4.78, 5) is 1.86. The maximum absolute atomic E-state index is 9.83. The minimum Gasteiger partial charge on any atom is -0.505 e. The van der Waals surface area contributed by atoms with Gasteiger partial charge in [-0.25, -0.2) is 0 Å². The van der Waals surface area contributed by atoms with Crippen LogP contribution in [0.2, 0.25) is 0 Å². The molecule has 5 nitrogen and oxygen atoms in total. The Morgan fingerprint density at radius 1 is 1.18 bits per heavy atom. The molecule has 0 aromatic heterocycles. The van der Waals surface area contributed by atoms with Gasteiger partial charge in [0.25, 0.3) is 0 Å². The lowest BCUT2D eigenvalue weighted by Gasteiger charge is -2.21.